The molecule has 8 heteroatoms. The Morgan fingerprint density at radius 2 is 1.89 bits per heavy atom. The van der Waals surface area contributed by atoms with Gasteiger partial charge in [-0.1, -0.05) is 37.1 Å². The number of furan rings is 1. The Morgan fingerprint density at radius 1 is 1.08 bits per heavy atom. The molecule has 1 fully saturated rings. The van der Waals surface area contributed by atoms with Crippen LogP contribution in [0.4, 0.5) is 10.5 Å². The van der Waals surface area contributed by atoms with E-state index in [0.29, 0.717) is 23.5 Å². The molecule has 0 spiro atoms. The first-order valence-corrected chi connectivity index (χ1v) is 12.1. The van der Waals surface area contributed by atoms with Gasteiger partial charge in [-0.25, -0.2) is 4.79 Å². The molecular formula is C28H28N4O4. The number of anilines is 1. The van der Waals surface area contributed by atoms with Crippen molar-refractivity contribution >= 4 is 17.6 Å². The molecule has 0 unspecified atom stereocenters. The van der Waals surface area contributed by atoms with Gasteiger partial charge in [0.1, 0.15) is 5.75 Å². The first kappa shape index (κ1) is 23.4. The fraction of sp³-hybridized carbons (Fsp3) is 0.250. The lowest BCUT2D eigenvalue weighted by atomic mass is 10.0. The second kappa shape index (κ2) is 10.1. The number of hydrogen-bond acceptors (Lipinski definition) is 5. The number of phenolic OH excluding ortho intramolecular Hbond substituents is 1. The van der Waals surface area contributed by atoms with Crippen LogP contribution in [-0.4, -0.2) is 26.8 Å². The zero-order valence-electron chi connectivity index (χ0n) is 20.0. The number of aryl methyl sites for hydroxylation is 1. The molecule has 2 aromatic heterocycles. The lowest BCUT2D eigenvalue weighted by Crippen LogP contribution is -2.31. The molecule has 3 N–H and O–H groups in total. The maximum atomic E-state index is 13.2. The Bertz CT molecular complexity index is 1380. The van der Waals surface area contributed by atoms with Crippen molar-refractivity contribution in [1.29, 1.82) is 0 Å². The van der Waals surface area contributed by atoms with Gasteiger partial charge in [0.25, 0.3) is 5.91 Å². The molecule has 2 heterocycles. The summed E-state index contributed by atoms with van der Waals surface area (Å²) in [5, 5.41) is 21.0. The summed E-state index contributed by atoms with van der Waals surface area (Å²) in [4.78, 5) is 25.4. The zero-order chi connectivity index (χ0) is 25.1. The van der Waals surface area contributed by atoms with Gasteiger partial charge in [-0.15, -0.1) is 0 Å². The number of nitrogens with one attached hydrogen (secondary N) is 2. The molecule has 4 aromatic rings. The minimum Gasteiger partial charge on any atom is -0.507 e. The van der Waals surface area contributed by atoms with Gasteiger partial charge in [-0.3, -0.25) is 4.79 Å². The highest BCUT2D eigenvalue weighted by atomic mass is 16.3. The number of phenols is 1. The summed E-state index contributed by atoms with van der Waals surface area (Å²) in [5.41, 5.74) is 4.41. The number of rotatable bonds is 6. The quantitative estimate of drug-likeness (QED) is 0.319. The van der Waals surface area contributed by atoms with Crippen molar-refractivity contribution in [2.75, 3.05) is 5.32 Å². The Kier molecular flexibility index (Phi) is 6.58. The number of hydrogen-bond donors (Lipinski definition) is 3. The second-order valence-electron chi connectivity index (χ2n) is 9.10. The Labute approximate surface area is 208 Å². The van der Waals surface area contributed by atoms with E-state index >= 15 is 0 Å². The van der Waals surface area contributed by atoms with E-state index in [9.17, 15) is 14.7 Å². The molecule has 184 valence electrons. The maximum absolute atomic E-state index is 13.2. The summed E-state index contributed by atoms with van der Waals surface area (Å²) in [7, 11) is 0. The molecule has 0 saturated heterocycles. The van der Waals surface area contributed by atoms with E-state index in [1.807, 2.05) is 37.3 Å². The summed E-state index contributed by atoms with van der Waals surface area (Å²) < 4.78 is 6.55. The predicted molar refractivity (Wildman–Crippen MR) is 136 cm³/mol. The third-order valence-electron chi connectivity index (χ3n) is 6.67. The van der Waals surface area contributed by atoms with E-state index in [0.717, 1.165) is 42.5 Å². The van der Waals surface area contributed by atoms with Crippen molar-refractivity contribution in [3.8, 4) is 17.0 Å². The highest BCUT2D eigenvalue weighted by Gasteiger charge is 2.26. The summed E-state index contributed by atoms with van der Waals surface area (Å²) in [6.45, 7) is 2.42. The molecule has 2 amide bonds. The molecular weight excluding hydrogens is 456 g/mol. The normalized spacial score (nSPS) is 13.6. The minimum atomic E-state index is -0.412. The van der Waals surface area contributed by atoms with Crippen LogP contribution in [0.1, 0.15) is 59.0 Å². The topological polar surface area (TPSA) is 109 Å². The van der Waals surface area contributed by atoms with Gasteiger partial charge in [0.2, 0.25) is 0 Å². The molecule has 36 heavy (non-hydrogen) atoms. The van der Waals surface area contributed by atoms with E-state index in [-0.39, 0.29) is 23.5 Å². The highest BCUT2D eigenvalue weighted by Crippen LogP contribution is 2.38. The molecule has 1 aliphatic carbocycles. The molecule has 0 radical (unpaired) electrons. The van der Waals surface area contributed by atoms with Crippen molar-refractivity contribution in [1.82, 2.24) is 15.1 Å². The lowest BCUT2D eigenvalue weighted by molar-refractivity contribution is 0.0996. The van der Waals surface area contributed by atoms with Crippen LogP contribution >= 0.6 is 0 Å². The van der Waals surface area contributed by atoms with Crippen molar-refractivity contribution < 1.29 is 19.1 Å². The minimum absolute atomic E-state index is 0.0461. The Hall–Kier alpha value is -4.33. The molecule has 0 bridgehead atoms. The summed E-state index contributed by atoms with van der Waals surface area (Å²) in [6.07, 6.45) is 5.65. The SMILES string of the molecule is Cc1ccccc1CNC(=O)n1nc(-c2ccc(NC(=O)c3ccco3)cc2O)cc1C1CCCC1. The molecule has 1 saturated carbocycles. The average Bonchev–Trinajstić information content (AvgIpc) is 3.65. The molecule has 5 rings (SSSR count). The Balaban J connectivity index is 1.39. The fourth-order valence-electron chi connectivity index (χ4n) is 4.68. The number of aromatic hydroxyl groups is 1. The van der Waals surface area contributed by atoms with Gasteiger partial charge in [-0.05, 0) is 61.2 Å². The summed E-state index contributed by atoms with van der Waals surface area (Å²) >= 11 is 0. The number of carbonyl (C=O) groups excluding carboxylic acids is 2. The summed E-state index contributed by atoms with van der Waals surface area (Å²) in [6, 6.07) is 17.5. The third-order valence-corrected chi connectivity index (χ3v) is 6.67. The van der Waals surface area contributed by atoms with Crippen molar-refractivity contribution in [2.24, 2.45) is 0 Å². The van der Waals surface area contributed by atoms with Crippen molar-refractivity contribution in [3.05, 3.63) is 89.5 Å². The maximum Gasteiger partial charge on any atom is 0.342 e. The third kappa shape index (κ3) is 4.88. The largest absolute Gasteiger partial charge is 0.507 e. The van der Waals surface area contributed by atoms with Crippen LogP contribution in [0.15, 0.2) is 71.3 Å². The van der Waals surface area contributed by atoms with E-state index in [2.05, 4.69) is 15.7 Å². The van der Waals surface area contributed by atoms with Gasteiger partial charge in [0.05, 0.1) is 17.7 Å². The van der Waals surface area contributed by atoms with Crippen LogP contribution in [0.25, 0.3) is 11.3 Å². The highest BCUT2D eigenvalue weighted by molar-refractivity contribution is 6.02. The van der Waals surface area contributed by atoms with Crippen LogP contribution < -0.4 is 10.6 Å². The van der Waals surface area contributed by atoms with Crippen LogP contribution in [0.5, 0.6) is 5.75 Å². The number of nitrogens with zero attached hydrogens (tertiary/aromatic N) is 2. The number of aromatic nitrogens is 2. The molecule has 8 nitrogen and oxygen atoms in total. The standard InChI is InChI=1S/C28H28N4O4/c1-18-7-2-3-10-20(18)17-29-28(35)32-24(19-8-4-5-9-19)16-23(31-32)22-13-12-21(15-25(22)33)30-27(34)26-11-6-14-36-26/h2-3,6-7,10-16,19,33H,4-5,8-9,17H2,1H3,(H,29,35)(H,30,34). The summed E-state index contributed by atoms with van der Waals surface area (Å²) in [5.74, 6) is -0.0415. The predicted octanol–water partition coefficient (Wildman–Crippen LogP) is 5.82. The van der Waals surface area contributed by atoms with E-state index in [1.165, 1.54) is 17.0 Å². The average molecular weight is 485 g/mol. The number of amides is 2. The first-order chi connectivity index (χ1) is 17.5. The van der Waals surface area contributed by atoms with Gasteiger partial charge in [0.15, 0.2) is 5.76 Å². The Morgan fingerprint density at radius 3 is 2.61 bits per heavy atom. The van der Waals surface area contributed by atoms with Gasteiger partial charge in [0, 0.05) is 29.8 Å². The monoisotopic (exact) mass is 484 g/mol. The molecule has 0 aliphatic heterocycles. The van der Waals surface area contributed by atoms with Crippen molar-refractivity contribution in [3.63, 3.8) is 0 Å². The molecule has 1 aliphatic rings. The van der Waals surface area contributed by atoms with Crippen LogP contribution in [-0.2, 0) is 6.54 Å². The van der Waals surface area contributed by atoms with Crippen LogP contribution in [0.3, 0.4) is 0 Å². The molecule has 0 atom stereocenters. The molecule has 2 aromatic carbocycles. The van der Waals surface area contributed by atoms with E-state index < -0.39 is 5.91 Å². The smallest absolute Gasteiger partial charge is 0.342 e. The fourth-order valence-corrected chi connectivity index (χ4v) is 4.68. The second-order valence-corrected chi connectivity index (χ2v) is 9.10. The van der Waals surface area contributed by atoms with E-state index in [4.69, 9.17) is 4.42 Å². The van der Waals surface area contributed by atoms with Gasteiger partial charge >= 0.3 is 6.03 Å². The zero-order valence-corrected chi connectivity index (χ0v) is 20.0. The van der Waals surface area contributed by atoms with Gasteiger partial charge < -0.3 is 20.2 Å². The van der Waals surface area contributed by atoms with Crippen molar-refractivity contribution in [2.45, 2.75) is 45.1 Å². The lowest BCUT2D eigenvalue weighted by Gasteiger charge is -2.13. The van der Waals surface area contributed by atoms with E-state index in [1.54, 1.807) is 24.3 Å². The number of benzene rings is 2. The number of carbonyl (C=O) groups is 2. The van der Waals surface area contributed by atoms with Crippen LogP contribution in [0.2, 0.25) is 0 Å². The first-order valence-electron chi connectivity index (χ1n) is 12.1. The van der Waals surface area contributed by atoms with Crippen LogP contribution in [0, 0.1) is 6.92 Å². The van der Waals surface area contributed by atoms with Gasteiger partial charge in [-0.2, -0.15) is 9.78 Å².